The molecule has 3 rings (SSSR count). The second-order valence-corrected chi connectivity index (χ2v) is 6.22. The van der Waals surface area contributed by atoms with Crippen molar-refractivity contribution in [2.75, 3.05) is 50.1 Å². The fourth-order valence-corrected chi connectivity index (χ4v) is 3.06. The van der Waals surface area contributed by atoms with Crippen molar-refractivity contribution >= 4 is 28.9 Å². The SMILES string of the molecule is CN(C)c1ccc(N2CCN(C(=O)c3ccsc3)CC2)nn1. The molecule has 6 nitrogen and oxygen atoms in total. The fourth-order valence-electron chi connectivity index (χ4n) is 2.43. The van der Waals surface area contributed by atoms with Crippen molar-refractivity contribution in [3.8, 4) is 0 Å². The lowest BCUT2D eigenvalue weighted by Gasteiger charge is -2.35. The third-order valence-corrected chi connectivity index (χ3v) is 4.44. The zero-order valence-corrected chi connectivity index (χ0v) is 13.6. The Morgan fingerprint density at radius 3 is 2.45 bits per heavy atom. The Balaban J connectivity index is 1.60. The van der Waals surface area contributed by atoms with E-state index >= 15 is 0 Å². The predicted octanol–water partition coefficient (Wildman–Crippen LogP) is 1.57. The minimum absolute atomic E-state index is 0.120. The van der Waals surface area contributed by atoms with Gasteiger partial charge in [-0.25, -0.2) is 0 Å². The van der Waals surface area contributed by atoms with Crippen LogP contribution in [-0.4, -0.2) is 61.3 Å². The van der Waals surface area contributed by atoms with Crippen LogP contribution in [0.15, 0.2) is 29.0 Å². The van der Waals surface area contributed by atoms with Gasteiger partial charge in [0, 0.05) is 45.7 Å². The molecule has 1 aliphatic rings. The Hall–Kier alpha value is -2.15. The molecule has 2 aromatic rings. The van der Waals surface area contributed by atoms with E-state index in [1.165, 1.54) is 0 Å². The van der Waals surface area contributed by atoms with Crippen LogP contribution in [-0.2, 0) is 0 Å². The van der Waals surface area contributed by atoms with E-state index < -0.39 is 0 Å². The van der Waals surface area contributed by atoms with Crippen LogP contribution in [0.25, 0.3) is 0 Å². The van der Waals surface area contributed by atoms with Crippen molar-refractivity contribution in [3.05, 3.63) is 34.5 Å². The molecule has 2 aromatic heterocycles. The molecule has 1 saturated heterocycles. The molecule has 0 aliphatic carbocycles. The van der Waals surface area contributed by atoms with Gasteiger partial charge in [-0.2, -0.15) is 11.3 Å². The van der Waals surface area contributed by atoms with Gasteiger partial charge < -0.3 is 14.7 Å². The molecule has 7 heteroatoms. The van der Waals surface area contributed by atoms with Crippen molar-refractivity contribution < 1.29 is 4.79 Å². The van der Waals surface area contributed by atoms with E-state index in [4.69, 9.17) is 0 Å². The number of piperazine rings is 1. The van der Waals surface area contributed by atoms with E-state index in [1.54, 1.807) is 11.3 Å². The van der Waals surface area contributed by atoms with Gasteiger partial charge in [0.25, 0.3) is 5.91 Å². The molecule has 0 radical (unpaired) electrons. The lowest BCUT2D eigenvalue weighted by atomic mass is 10.2. The average molecular weight is 317 g/mol. The van der Waals surface area contributed by atoms with Crippen LogP contribution in [0.1, 0.15) is 10.4 Å². The molecule has 3 heterocycles. The van der Waals surface area contributed by atoms with Crippen LogP contribution in [0, 0.1) is 0 Å². The van der Waals surface area contributed by atoms with E-state index in [0.717, 1.165) is 30.3 Å². The van der Waals surface area contributed by atoms with Gasteiger partial charge in [-0.1, -0.05) is 0 Å². The highest BCUT2D eigenvalue weighted by molar-refractivity contribution is 7.08. The van der Waals surface area contributed by atoms with Crippen molar-refractivity contribution in [1.82, 2.24) is 15.1 Å². The molecule has 0 atom stereocenters. The number of anilines is 2. The first-order valence-corrected chi connectivity index (χ1v) is 8.17. The van der Waals surface area contributed by atoms with Gasteiger partial charge in [0.2, 0.25) is 0 Å². The molecular weight excluding hydrogens is 298 g/mol. The Morgan fingerprint density at radius 1 is 1.14 bits per heavy atom. The van der Waals surface area contributed by atoms with E-state index in [9.17, 15) is 4.79 Å². The quantitative estimate of drug-likeness (QED) is 0.860. The predicted molar refractivity (Wildman–Crippen MR) is 88.8 cm³/mol. The number of carbonyl (C=O) groups excluding carboxylic acids is 1. The topological polar surface area (TPSA) is 52.6 Å². The first-order chi connectivity index (χ1) is 10.6. The van der Waals surface area contributed by atoms with Crippen LogP contribution in [0.2, 0.25) is 0 Å². The second-order valence-electron chi connectivity index (χ2n) is 5.44. The van der Waals surface area contributed by atoms with Crippen LogP contribution >= 0.6 is 11.3 Å². The lowest BCUT2D eigenvalue weighted by molar-refractivity contribution is 0.0747. The van der Waals surface area contributed by atoms with Crippen LogP contribution in [0.3, 0.4) is 0 Å². The van der Waals surface area contributed by atoms with E-state index in [1.807, 2.05) is 52.9 Å². The molecule has 0 N–H and O–H groups in total. The molecule has 1 aliphatic heterocycles. The van der Waals surface area contributed by atoms with Gasteiger partial charge in [0.1, 0.15) is 0 Å². The highest BCUT2D eigenvalue weighted by Crippen LogP contribution is 2.17. The van der Waals surface area contributed by atoms with E-state index in [2.05, 4.69) is 15.1 Å². The molecule has 1 fully saturated rings. The highest BCUT2D eigenvalue weighted by atomic mass is 32.1. The van der Waals surface area contributed by atoms with Crippen LogP contribution < -0.4 is 9.80 Å². The number of hydrogen-bond acceptors (Lipinski definition) is 6. The summed E-state index contributed by atoms with van der Waals surface area (Å²) in [6.45, 7) is 3.00. The standard InChI is InChI=1S/C15H19N5OS/c1-18(2)13-3-4-14(17-16-13)19-6-8-20(9-7-19)15(21)12-5-10-22-11-12/h3-5,10-11H,6-9H2,1-2H3. The van der Waals surface area contributed by atoms with Crippen molar-refractivity contribution in [1.29, 1.82) is 0 Å². The minimum atomic E-state index is 0.120. The molecule has 0 spiro atoms. The number of amides is 1. The number of thiophene rings is 1. The molecule has 0 bridgehead atoms. The minimum Gasteiger partial charge on any atom is -0.361 e. The van der Waals surface area contributed by atoms with Crippen molar-refractivity contribution in [2.45, 2.75) is 0 Å². The Labute approximate surface area is 134 Å². The summed E-state index contributed by atoms with van der Waals surface area (Å²) in [6, 6.07) is 5.83. The van der Waals surface area contributed by atoms with Gasteiger partial charge in [-0.05, 0) is 23.6 Å². The van der Waals surface area contributed by atoms with Crippen molar-refractivity contribution in [3.63, 3.8) is 0 Å². The highest BCUT2D eigenvalue weighted by Gasteiger charge is 2.23. The maximum atomic E-state index is 12.3. The van der Waals surface area contributed by atoms with Crippen LogP contribution in [0.4, 0.5) is 11.6 Å². The van der Waals surface area contributed by atoms with Crippen LogP contribution in [0.5, 0.6) is 0 Å². The molecule has 22 heavy (non-hydrogen) atoms. The third-order valence-electron chi connectivity index (χ3n) is 3.75. The van der Waals surface area contributed by atoms with E-state index in [0.29, 0.717) is 13.1 Å². The molecule has 0 unspecified atom stereocenters. The van der Waals surface area contributed by atoms with E-state index in [-0.39, 0.29) is 5.91 Å². The first kappa shape index (κ1) is 14.8. The summed E-state index contributed by atoms with van der Waals surface area (Å²) in [5, 5.41) is 12.3. The largest absolute Gasteiger partial charge is 0.361 e. The maximum absolute atomic E-state index is 12.3. The number of hydrogen-bond donors (Lipinski definition) is 0. The number of aromatic nitrogens is 2. The normalized spacial score (nSPS) is 15.0. The first-order valence-electron chi connectivity index (χ1n) is 7.22. The summed E-state index contributed by atoms with van der Waals surface area (Å²) < 4.78 is 0. The van der Waals surface area contributed by atoms with Gasteiger partial charge in [-0.15, -0.1) is 10.2 Å². The summed E-state index contributed by atoms with van der Waals surface area (Å²) in [4.78, 5) is 18.3. The Morgan fingerprint density at radius 2 is 1.91 bits per heavy atom. The summed E-state index contributed by atoms with van der Waals surface area (Å²) in [5.74, 6) is 1.83. The smallest absolute Gasteiger partial charge is 0.254 e. The Bertz CT molecular complexity index is 618. The van der Waals surface area contributed by atoms with Gasteiger partial charge in [0.05, 0.1) is 5.56 Å². The third kappa shape index (κ3) is 3.04. The zero-order chi connectivity index (χ0) is 15.5. The summed E-state index contributed by atoms with van der Waals surface area (Å²) in [5.41, 5.74) is 0.786. The monoisotopic (exact) mass is 317 g/mol. The van der Waals surface area contributed by atoms with Gasteiger partial charge in [0.15, 0.2) is 11.6 Å². The number of rotatable bonds is 3. The van der Waals surface area contributed by atoms with Gasteiger partial charge >= 0.3 is 0 Å². The molecule has 0 saturated carbocycles. The maximum Gasteiger partial charge on any atom is 0.254 e. The Kier molecular flexibility index (Phi) is 4.24. The summed E-state index contributed by atoms with van der Waals surface area (Å²) in [6.07, 6.45) is 0. The molecule has 1 amide bonds. The zero-order valence-electron chi connectivity index (χ0n) is 12.8. The fraction of sp³-hybridized carbons (Fsp3) is 0.400. The molecular formula is C15H19N5OS. The average Bonchev–Trinajstić information content (AvgIpc) is 3.09. The summed E-state index contributed by atoms with van der Waals surface area (Å²) in [7, 11) is 3.89. The second kappa shape index (κ2) is 6.31. The summed E-state index contributed by atoms with van der Waals surface area (Å²) >= 11 is 1.55. The van der Waals surface area contributed by atoms with Gasteiger partial charge in [-0.3, -0.25) is 4.79 Å². The molecule has 0 aromatic carbocycles. The number of nitrogens with zero attached hydrogens (tertiary/aromatic N) is 5. The number of carbonyl (C=O) groups is 1. The van der Waals surface area contributed by atoms with Crippen molar-refractivity contribution in [2.24, 2.45) is 0 Å². The molecule has 116 valence electrons. The lowest BCUT2D eigenvalue weighted by Crippen LogP contribution is -2.49.